The zero-order valence-electron chi connectivity index (χ0n) is 21.9. The summed E-state index contributed by atoms with van der Waals surface area (Å²) in [5.41, 5.74) is 2.09. The van der Waals surface area contributed by atoms with Gasteiger partial charge in [0.2, 0.25) is 0 Å². The van der Waals surface area contributed by atoms with Gasteiger partial charge in [-0.25, -0.2) is 9.37 Å². The van der Waals surface area contributed by atoms with Gasteiger partial charge in [0, 0.05) is 45.7 Å². The second-order valence-corrected chi connectivity index (χ2v) is 10.0. The minimum absolute atomic E-state index is 0. The lowest BCUT2D eigenvalue weighted by atomic mass is 10.2. The Hall–Kier alpha value is -2.07. The number of carbonyl (C=O) groups excluding carboxylic acids is 1. The summed E-state index contributed by atoms with van der Waals surface area (Å²) in [6.07, 6.45) is 0.674. The van der Waals surface area contributed by atoms with Crippen molar-refractivity contribution >= 4 is 59.6 Å². The van der Waals surface area contributed by atoms with E-state index >= 15 is 0 Å². The second kappa shape index (κ2) is 15.1. The molecular weight excluding hydrogens is 587 g/mol. The number of benzene rings is 2. The van der Waals surface area contributed by atoms with Crippen molar-refractivity contribution in [2.45, 2.75) is 32.8 Å². The Morgan fingerprint density at radius 1 is 1.08 bits per heavy atom. The molecule has 0 aliphatic carbocycles. The smallest absolute Gasteiger partial charge is 0.271 e. The number of aliphatic hydroxyl groups excluding tert-OH is 1. The molecular formula is C27H34Cl4FN5O2. The van der Waals surface area contributed by atoms with Crippen molar-refractivity contribution < 1.29 is 14.3 Å². The molecule has 3 aromatic rings. The van der Waals surface area contributed by atoms with Gasteiger partial charge < -0.3 is 15.3 Å². The number of imidazole rings is 1. The number of nitrogens with zero attached hydrogens (tertiary/aromatic N) is 4. The summed E-state index contributed by atoms with van der Waals surface area (Å²) in [6, 6.07) is 12.1. The van der Waals surface area contributed by atoms with E-state index in [0.717, 1.165) is 38.3 Å². The maximum absolute atomic E-state index is 14.5. The first-order chi connectivity index (χ1) is 17.8. The fraction of sp³-hybridized carbons (Fsp3) is 0.407. The van der Waals surface area contributed by atoms with E-state index in [9.17, 15) is 14.3 Å². The SMILES string of the molecule is CCCc1nc(C(=O)NCC(O)CN2CCN(c3cccc(Cl)c3Cl)CC2)c(C)n1-c1ccccc1F.Cl.Cl. The normalized spacial score (nSPS) is 14.4. The van der Waals surface area contributed by atoms with E-state index in [1.807, 2.05) is 19.1 Å². The molecule has 1 atom stereocenters. The van der Waals surface area contributed by atoms with Gasteiger partial charge >= 0.3 is 0 Å². The van der Waals surface area contributed by atoms with Crippen LogP contribution in [-0.2, 0) is 6.42 Å². The Morgan fingerprint density at radius 2 is 1.74 bits per heavy atom. The number of amides is 1. The first-order valence-electron chi connectivity index (χ1n) is 12.5. The summed E-state index contributed by atoms with van der Waals surface area (Å²) in [5, 5.41) is 14.5. The number of anilines is 1. The Labute approximate surface area is 251 Å². The van der Waals surface area contributed by atoms with Crippen LogP contribution in [0.3, 0.4) is 0 Å². The van der Waals surface area contributed by atoms with Crippen LogP contribution in [-0.4, -0.2) is 70.8 Å². The third kappa shape index (κ3) is 7.78. The number of hydrogen-bond donors (Lipinski definition) is 2. The number of piperazine rings is 1. The molecule has 2 heterocycles. The van der Waals surface area contributed by atoms with Gasteiger partial charge in [-0.05, 0) is 37.6 Å². The highest BCUT2D eigenvalue weighted by atomic mass is 35.5. The highest BCUT2D eigenvalue weighted by Crippen LogP contribution is 2.32. The van der Waals surface area contributed by atoms with Crippen LogP contribution in [0.15, 0.2) is 42.5 Å². The van der Waals surface area contributed by atoms with E-state index in [-0.39, 0.29) is 48.8 Å². The molecule has 39 heavy (non-hydrogen) atoms. The van der Waals surface area contributed by atoms with Crippen LogP contribution in [0.4, 0.5) is 10.1 Å². The molecule has 1 aliphatic rings. The zero-order valence-corrected chi connectivity index (χ0v) is 25.0. The number of hydrogen-bond acceptors (Lipinski definition) is 5. The van der Waals surface area contributed by atoms with E-state index in [4.69, 9.17) is 23.2 Å². The number of rotatable bonds is 9. The monoisotopic (exact) mass is 619 g/mol. The lowest BCUT2D eigenvalue weighted by Crippen LogP contribution is -2.50. The number of aryl methyl sites for hydroxylation is 1. The number of β-amino-alcohol motifs (C(OH)–C–C–N with tert-alkyl or cyclic N) is 1. The van der Waals surface area contributed by atoms with E-state index in [1.165, 1.54) is 6.07 Å². The Morgan fingerprint density at radius 3 is 2.41 bits per heavy atom. The Balaban J connectivity index is 0.00000267. The molecule has 0 radical (unpaired) electrons. The molecule has 7 nitrogen and oxygen atoms in total. The van der Waals surface area contributed by atoms with Crippen molar-refractivity contribution in [2.24, 2.45) is 0 Å². The van der Waals surface area contributed by atoms with Crippen molar-refractivity contribution in [3.63, 3.8) is 0 Å². The number of carbonyl (C=O) groups is 1. The minimum Gasteiger partial charge on any atom is -0.390 e. The van der Waals surface area contributed by atoms with Crippen LogP contribution < -0.4 is 10.2 Å². The van der Waals surface area contributed by atoms with Crippen molar-refractivity contribution in [3.8, 4) is 5.69 Å². The van der Waals surface area contributed by atoms with E-state index in [1.54, 1.807) is 35.8 Å². The summed E-state index contributed by atoms with van der Waals surface area (Å²) in [4.78, 5) is 21.8. The number of nitrogens with one attached hydrogen (secondary N) is 1. The zero-order chi connectivity index (χ0) is 26.5. The number of halogens is 5. The number of para-hydroxylation sites is 1. The fourth-order valence-electron chi connectivity index (χ4n) is 4.68. The van der Waals surface area contributed by atoms with Gasteiger partial charge in [-0.2, -0.15) is 0 Å². The van der Waals surface area contributed by atoms with Crippen LogP contribution in [0.5, 0.6) is 0 Å². The molecule has 4 rings (SSSR count). The molecule has 12 heteroatoms. The molecule has 2 N–H and O–H groups in total. The van der Waals surface area contributed by atoms with E-state index in [0.29, 0.717) is 40.2 Å². The third-order valence-corrected chi connectivity index (χ3v) is 7.38. The summed E-state index contributed by atoms with van der Waals surface area (Å²) >= 11 is 12.5. The second-order valence-electron chi connectivity index (χ2n) is 9.22. The molecule has 1 aliphatic heterocycles. The maximum Gasteiger partial charge on any atom is 0.271 e. The van der Waals surface area contributed by atoms with Gasteiger partial charge in [-0.1, -0.05) is 48.3 Å². The standard InChI is InChI=1S/C27H32Cl2FN5O2.2ClH/c1-3-7-24-32-26(18(2)35(24)22-10-5-4-9-21(22)30)27(37)31-16-19(36)17-33-12-14-34(15-13-33)23-11-6-8-20(28)25(23)29;;/h4-6,8-11,19,36H,3,7,12-17H2,1-2H3,(H,31,37);2*1H. The van der Waals surface area contributed by atoms with Gasteiger partial charge in [0.1, 0.15) is 17.3 Å². The topological polar surface area (TPSA) is 73.6 Å². The van der Waals surface area contributed by atoms with Crippen LogP contribution in [0.2, 0.25) is 10.0 Å². The average molecular weight is 621 g/mol. The maximum atomic E-state index is 14.5. The molecule has 1 aromatic heterocycles. The van der Waals surface area contributed by atoms with Crippen molar-refractivity contribution in [1.29, 1.82) is 0 Å². The predicted octanol–water partition coefficient (Wildman–Crippen LogP) is 5.34. The van der Waals surface area contributed by atoms with E-state index in [2.05, 4.69) is 20.1 Å². The van der Waals surface area contributed by atoms with Gasteiger partial charge in [0.15, 0.2) is 0 Å². The summed E-state index contributed by atoms with van der Waals surface area (Å²) in [7, 11) is 0. The molecule has 1 fully saturated rings. The molecule has 1 amide bonds. The van der Waals surface area contributed by atoms with Crippen LogP contribution >= 0.6 is 48.0 Å². The van der Waals surface area contributed by atoms with Gasteiger partial charge in [-0.3, -0.25) is 14.3 Å². The van der Waals surface area contributed by atoms with Gasteiger partial charge in [-0.15, -0.1) is 24.8 Å². The Kier molecular flexibility index (Phi) is 12.8. The molecule has 1 unspecified atom stereocenters. The third-order valence-electron chi connectivity index (χ3n) is 6.57. The Bertz CT molecular complexity index is 1250. The van der Waals surface area contributed by atoms with Crippen molar-refractivity contribution in [3.05, 3.63) is 75.5 Å². The highest BCUT2D eigenvalue weighted by Gasteiger charge is 2.24. The lowest BCUT2D eigenvalue weighted by Gasteiger charge is -2.37. The average Bonchev–Trinajstić information content (AvgIpc) is 3.21. The summed E-state index contributed by atoms with van der Waals surface area (Å²) in [6.45, 7) is 7.30. The summed E-state index contributed by atoms with van der Waals surface area (Å²) in [5.74, 6) is -0.127. The summed E-state index contributed by atoms with van der Waals surface area (Å²) < 4.78 is 16.2. The first-order valence-corrected chi connectivity index (χ1v) is 13.3. The van der Waals surface area contributed by atoms with Crippen LogP contribution in [0, 0.1) is 12.7 Å². The molecule has 1 saturated heterocycles. The van der Waals surface area contributed by atoms with Crippen LogP contribution in [0.1, 0.15) is 35.4 Å². The first kappa shape index (κ1) is 33.1. The largest absolute Gasteiger partial charge is 0.390 e. The molecule has 0 spiro atoms. The van der Waals surface area contributed by atoms with Crippen molar-refractivity contribution in [1.82, 2.24) is 19.8 Å². The molecule has 0 bridgehead atoms. The number of aromatic nitrogens is 2. The van der Waals surface area contributed by atoms with Crippen LogP contribution in [0.25, 0.3) is 5.69 Å². The number of aliphatic hydroxyl groups is 1. The molecule has 0 saturated carbocycles. The minimum atomic E-state index is -0.741. The molecule has 2 aromatic carbocycles. The fourth-order valence-corrected chi connectivity index (χ4v) is 5.10. The molecule has 214 valence electrons. The quantitative estimate of drug-likeness (QED) is 0.338. The van der Waals surface area contributed by atoms with Crippen molar-refractivity contribution in [2.75, 3.05) is 44.2 Å². The highest BCUT2D eigenvalue weighted by molar-refractivity contribution is 6.43. The van der Waals surface area contributed by atoms with Gasteiger partial charge in [0.25, 0.3) is 5.91 Å². The predicted molar refractivity (Wildman–Crippen MR) is 160 cm³/mol. The lowest BCUT2D eigenvalue weighted by molar-refractivity contribution is 0.0847. The van der Waals surface area contributed by atoms with Gasteiger partial charge in [0.05, 0.1) is 33.2 Å². The van der Waals surface area contributed by atoms with E-state index < -0.39 is 6.10 Å².